The van der Waals surface area contributed by atoms with Crippen LogP contribution in [0.4, 0.5) is 0 Å². The Balaban J connectivity index is 1.24. The average molecular weight is 496 g/mol. The molecule has 0 N–H and O–H groups in total. The van der Waals surface area contributed by atoms with Gasteiger partial charge in [-0.2, -0.15) is 0 Å². The van der Waals surface area contributed by atoms with Gasteiger partial charge in [-0.05, 0) is 47.9 Å². The summed E-state index contributed by atoms with van der Waals surface area (Å²) in [4.78, 5) is 0. The lowest BCUT2D eigenvalue weighted by atomic mass is 9.98. The molecule has 2 heterocycles. The van der Waals surface area contributed by atoms with E-state index in [2.05, 4.69) is 68.3 Å². The quantitative estimate of drug-likeness (QED) is 0.511. The molecule has 4 unspecified atom stereocenters. The van der Waals surface area contributed by atoms with Crippen LogP contribution in [0.5, 0.6) is 0 Å². The van der Waals surface area contributed by atoms with E-state index in [1.165, 1.54) is 20.1 Å². The average Bonchev–Trinajstić information content (AvgIpc) is 3.29. The summed E-state index contributed by atoms with van der Waals surface area (Å²) in [6, 6.07) is 16.8. The molecule has 27 heavy (non-hydrogen) atoms. The Bertz CT molecular complexity index is 703. The second-order valence-corrected chi connectivity index (χ2v) is 9.17. The van der Waals surface area contributed by atoms with Gasteiger partial charge in [-0.25, -0.2) is 0 Å². The SMILES string of the molecule is Brc1ccccc1CC1COC(OC2CC(Cc3ccccc3Br)CO2)C1. The first-order chi connectivity index (χ1) is 13.2. The summed E-state index contributed by atoms with van der Waals surface area (Å²) in [6.07, 6.45) is 3.58. The van der Waals surface area contributed by atoms with Crippen molar-refractivity contribution in [3.8, 4) is 0 Å². The fourth-order valence-corrected chi connectivity index (χ4v) is 4.79. The Morgan fingerprint density at radius 3 is 1.63 bits per heavy atom. The molecular weight excluding hydrogens is 472 g/mol. The first kappa shape index (κ1) is 19.6. The zero-order valence-electron chi connectivity index (χ0n) is 15.2. The minimum atomic E-state index is -0.148. The van der Waals surface area contributed by atoms with Gasteiger partial charge < -0.3 is 14.2 Å². The van der Waals surface area contributed by atoms with Crippen LogP contribution in [0, 0.1) is 11.8 Å². The van der Waals surface area contributed by atoms with Gasteiger partial charge in [0, 0.05) is 21.8 Å². The molecule has 0 aromatic heterocycles. The Morgan fingerprint density at radius 2 is 1.19 bits per heavy atom. The molecule has 0 saturated carbocycles. The van der Waals surface area contributed by atoms with E-state index in [4.69, 9.17) is 14.2 Å². The van der Waals surface area contributed by atoms with E-state index in [0.29, 0.717) is 11.8 Å². The maximum atomic E-state index is 6.10. The van der Waals surface area contributed by atoms with Crippen LogP contribution in [0.3, 0.4) is 0 Å². The van der Waals surface area contributed by atoms with Gasteiger partial charge in [-0.15, -0.1) is 0 Å². The number of hydrogen-bond acceptors (Lipinski definition) is 3. The third-order valence-corrected chi connectivity index (χ3v) is 6.87. The molecule has 4 atom stereocenters. The summed E-state index contributed by atoms with van der Waals surface area (Å²) < 4.78 is 20.2. The van der Waals surface area contributed by atoms with Crippen LogP contribution in [0.2, 0.25) is 0 Å². The lowest BCUT2D eigenvalue weighted by Crippen LogP contribution is -2.21. The van der Waals surface area contributed by atoms with Gasteiger partial charge in [-0.1, -0.05) is 68.3 Å². The normalized spacial score (nSPS) is 27.9. The summed E-state index contributed by atoms with van der Waals surface area (Å²) >= 11 is 7.27. The molecule has 0 aliphatic carbocycles. The number of benzene rings is 2. The highest BCUT2D eigenvalue weighted by Gasteiger charge is 2.33. The van der Waals surface area contributed by atoms with Crippen LogP contribution in [0.15, 0.2) is 57.5 Å². The third kappa shape index (κ3) is 5.21. The monoisotopic (exact) mass is 494 g/mol. The molecule has 144 valence electrons. The van der Waals surface area contributed by atoms with Crippen molar-refractivity contribution in [1.82, 2.24) is 0 Å². The van der Waals surface area contributed by atoms with Crippen molar-refractivity contribution in [2.75, 3.05) is 13.2 Å². The first-order valence-electron chi connectivity index (χ1n) is 9.53. The molecule has 3 nitrogen and oxygen atoms in total. The van der Waals surface area contributed by atoms with Gasteiger partial charge in [0.2, 0.25) is 0 Å². The van der Waals surface area contributed by atoms with Crippen molar-refractivity contribution in [1.29, 1.82) is 0 Å². The van der Waals surface area contributed by atoms with E-state index in [-0.39, 0.29) is 12.6 Å². The van der Waals surface area contributed by atoms with E-state index in [1.807, 2.05) is 12.1 Å². The molecule has 0 spiro atoms. The minimum Gasteiger partial charge on any atom is -0.352 e. The first-order valence-corrected chi connectivity index (χ1v) is 11.1. The maximum Gasteiger partial charge on any atom is 0.161 e. The number of hydrogen-bond donors (Lipinski definition) is 0. The van der Waals surface area contributed by atoms with Crippen molar-refractivity contribution in [3.63, 3.8) is 0 Å². The number of halogens is 2. The van der Waals surface area contributed by atoms with Gasteiger partial charge in [-0.3, -0.25) is 0 Å². The van der Waals surface area contributed by atoms with E-state index in [9.17, 15) is 0 Å². The zero-order valence-corrected chi connectivity index (χ0v) is 18.3. The second kappa shape index (κ2) is 9.19. The Morgan fingerprint density at radius 1 is 0.741 bits per heavy atom. The molecule has 2 saturated heterocycles. The maximum absolute atomic E-state index is 6.10. The highest BCUT2D eigenvalue weighted by atomic mass is 79.9. The van der Waals surface area contributed by atoms with Crippen molar-refractivity contribution >= 4 is 31.9 Å². The molecule has 0 radical (unpaired) electrons. The molecule has 2 aliphatic heterocycles. The summed E-state index contributed by atoms with van der Waals surface area (Å²) in [5.41, 5.74) is 2.66. The van der Waals surface area contributed by atoms with Gasteiger partial charge in [0.1, 0.15) is 0 Å². The smallest absolute Gasteiger partial charge is 0.161 e. The van der Waals surface area contributed by atoms with E-state index >= 15 is 0 Å². The summed E-state index contributed by atoms with van der Waals surface area (Å²) in [5, 5.41) is 0. The van der Waals surface area contributed by atoms with Gasteiger partial charge >= 0.3 is 0 Å². The fraction of sp³-hybridized carbons (Fsp3) is 0.455. The van der Waals surface area contributed by atoms with E-state index < -0.39 is 0 Å². The Kier molecular flexibility index (Phi) is 6.66. The van der Waals surface area contributed by atoms with Crippen LogP contribution in [0.25, 0.3) is 0 Å². The second-order valence-electron chi connectivity index (χ2n) is 7.46. The Hall–Kier alpha value is -0.720. The molecule has 5 heteroatoms. The topological polar surface area (TPSA) is 27.7 Å². The van der Waals surface area contributed by atoms with E-state index in [0.717, 1.165) is 38.9 Å². The van der Waals surface area contributed by atoms with Crippen molar-refractivity contribution < 1.29 is 14.2 Å². The van der Waals surface area contributed by atoms with E-state index in [1.54, 1.807) is 0 Å². The standard InChI is InChI=1S/C22H24Br2O3/c23-19-7-3-1-5-17(19)9-15-11-21(25-13-15)27-22-12-16(14-26-22)10-18-6-2-4-8-20(18)24/h1-8,15-16,21-22H,9-14H2. The summed E-state index contributed by atoms with van der Waals surface area (Å²) in [5.74, 6) is 0.984. The highest BCUT2D eigenvalue weighted by molar-refractivity contribution is 9.10. The molecule has 0 bridgehead atoms. The van der Waals surface area contributed by atoms with Gasteiger partial charge in [0.05, 0.1) is 13.2 Å². The molecule has 2 aromatic carbocycles. The number of rotatable bonds is 6. The third-order valence-electron chi connectivity index (χ3n) is 5.32. The van der Waals surface area contributed by atoms with Crippen LogP contribution in [-0.2, 0) is 27.1 Å². The molecule has 4 rings (SSSR count). The largest absolute Gasteiger partial charge is 0.352 e. The minimum absolute atomic E-state index is 0.148. The molecule has 0 amide bonds. The van der Waals surface area contributed by atoms with Gasteiger partial charge in [0.15, 0.2) is 12.6 Å². The molecule has 2 aromatic rings. The molecular formula is C22H24Br2O3. The predicted octanol–water partition coefficient (Wildman–Crippen LogP) is 5.74. The van der Waals surface area contributed by atoms with Crippen molar-refractivity contribution in [2.24, 2.45) is 11.8 Å². The summed E-state index contributed by atoms with van der Waals surface area (Å²) in [7, 11) is 0. The van der Waals surface area contributed by atoms with Crippen LogP contribution in [0.1, 0.15) is 24.0 Å². The lowest BCUT2D eigenvalue weighted by molar-refractivity contribution is -0.213. The molecule has 2 aliphatic rings. The Labute approximate surface area is 177 Å². The van der Waals surface area contributed by atoms with Crippen molar-refractivity contribution in [3.05, 3.63) is 68.6 Å². The van der Waals surface area contributed by atoms with Crippen LogP contribution in [-0.4, -0.2) is 25.8 Å². The zero-order chi connectivity index (χ0) is 18.6. The van der Waals surface area contributed by atoms with Crippen molar-refractivity contribution in [2.45, 2.75) is 38.3 Å². The van der Waals surface area contributed by atoms with Gasteiger partial charge in [0.25, 0.3) is 0 Å². The molecule has 2 fully saturated rings. The predicted molar refractivity (Wildman–Crippen MR) is 112 cm³/mol. The van der Waals surface area contributed by atoms with Crippen LogP contribution < -0.4 is 0 Å². The summed E-state index contributed by atoms with van der Waals surface area (Å²) in [6.45, 7) is 1.50. The lowest BCUT2D eigenvalue weighted by Gasteiger charge is -2.17. The fourth-order valence-electron chi connectivity index (χ4n) is 3.90. The highest BCUT2D eigenvalue weighted by Crippen LogP contribution is 2.32. The number of ether oxygens (including phenoxy) is 3. The van der Waals surface area contributed by atoms with Crippen LogP contribution >= 0.6 is 31.9 Å².